The molecule has 2 aromatic rings. The average Bonchev–Trinajstić information content (AvgIpc) is 3.30. The first-order valence-electron chi connectivity index (χ1n) is 8.17. The van der Waals surface area contributed by atoms with Gasteiger partial charge in [0.1, 0.15) is 5.54 Å². The minimum absolute atomic E-state index is 0.373. The van der Waals surface area contributed by atoms with Crippen molar-refractivity contribution in [3.05, 3.63) is 40.6 Å². The Morgan fingerprint density at radius 2 is 1.88 bits per heavy atom. The fourth-order valence-corrected chi connectivity index (χ4v) is 2.88. The summed E-state index contributed by atoms with van der Waals surface area (Å²) in [5.74, 6) is -1.03. The summed E-state index contributed by atoms with van der Waals surface area (Å²) >= 11 is 0. The Morgan fingerprint density at radius 3 is 2.46 bits per heavy atom. The van der Waals surface area contributed by atoms with Crippen LogP contribution in [0, 0.1) is 13.8 Å². The Bertz CT molecular complexity index is 851. The number of amides is 1. The van der Waals surface area contributed by atoms with Crippen LogP contribution in [-0.4, -0.2) is 27.5 Å². The summed E-state index contributed by atoms with van der Waals surface area (Å²) in [6.07, 6.45) is 2.18. The van der Waals surface area contributed by atoms with Gasteiger partial charge < -0.3 is 10.4 Å². The number of fused-ring (bicyclic) bond motifs is 1. The highest BCUT2D eigenvalue weighted by Gasteiger charge is 2.31. The Labute approximate surface area is 141 Å². The predicted octanol–water partition coefficient (Wildman–Crippen LogP) is 3.32. The van der Waals surface area contributed by atoms with Crippen molar-refractivity contribution in [2.24, 2.45) is 0 Å². The Balaban J connectivity index is 2.14. The van der Waals surface area contributed by atoms with Gasteiger partial charge in [0.15, 0.2) is 0 Å². The van der Waals surface area contributed by atoms with Gasteiger partial charge in [-0.1, -0.05) is 11.6 Å². The number of carbonyl (C=O) groups is 2. The highest BCUT2D eigenvalue weighted by Crippen LogP contribution is 2.40. The first kappa shape index (κ1) is 16.4. The molecule has 0 saturated heterocycles. The van der Waals surface area contributed by atoms with Gasteiger partial charge in [-0.25, -0.2) is 4.79 Å². The van der Waals surface area contributed by atoms with Crippen LogP contribution in [-0.2, 0) is 4.79 Å². The van der Waals surface area contributed by atoms with Crippen molar-refractivity contribution in [2.45, 2.75) is 52.0 Å². The van der Waals surface area contributed by atoms with Gasteiger partial charge in [-0.05, 0) is 58.2 Å². The molecule has 5 heteroatoms. The number of carbonyl (C=O) groups excluding carboxylic acids is 1. The van der Waals surface area contributed by atoms with E-state index in [1.165, 1.54) is 13.8 Å². The Morgan fingerprint density at radius 1 is 1.21 bits per heavy atom. The number of carboxylic acids is 1. The van der Waals surface area contributed by atoms with Crippen molar-refractivity contribution in [2.75, 3.05) is 0 Å². The first-order valence-corrected chi connectivity index (χ1v) is 8.17. The highest BCUT2D eigenvalue weighted by atomic mass is 16.4. The van der Waals surface area contributed by atoms with E-state index in [0.717, 1.165) is 40.6 Å². The lowest BCUT2D eigenvalue weighted by molar-refractivity contribution is -0.143. The zero-order valence-corrected chi connectivity index (χ0v) is 14.4. The number of aliphatic carboxylic acids is 1. The number of pyridine rings is 1. The molecule has 2 N–H and O–H groups in total. The monoisotopic (exact) mass is 326 g/mol. The maximum Gasteiger partial charge on any atom is 0.328 e. The van der Waals surface area contributed by atoms with E-state index in [-0.39, 0.29) is 5.91 Å². The van der Waals surface area contributed by atoms with Crippen molar-refractivity contribution < 1.29 is 14.7 Å². The van der Waals surface area contributed by atoms with Gasteiger partial charge in [0.2, 0.25) is 0 Å². The number of aromatic nitrogens is 1. The lowest BCUT2D eigenvalue weighted by atomic mass is 9.99. The van der Waals surface area contributed by atoms with Crippen LogP contribution in [0.4, 0.5) is 0 Å². The first-order chi connectivity index (χ1) is 11.2. The topological polar surface area (TPSA) is 79.3 Å². The standard InChI is InChI=1S/C19H22N2O3/c1-10-7-11(2)16-13(8-10)14(9-15(20-16)12-5-6-12)17(22)21-19(3,4)18(23)24/h7-9,12H,5-6H2,1-4H3,(H,21,22)(H,23,24). The maximum absolute atomic E-state index is 12.8. The van der Waals surface area contributed by atoms with Gasteiger partial charge in [-0.3, -0.25) is 9.78 Å². The van der Waals surface area contributed by atoms with Crippen molar-refractivity contribution in [1.29, 1.82) is 0 Å². The predicted molar refractivity (Wildman–Crippen MR) is 92.4 cm³/mol. The summed E-state index contributed by atoms with van der Waals surface area (Å²) in [7, 11) is 0. The van der Waals surface area contributed by atoms with Gasteiger partial charge in [0.05, 0.1) is 11.1 Å². The zero-order chi connectivity index (χ0) is 17.6. The van der Waals surface area contributed by atoms with E-state index in [1.807, 2.05) is 26.0 Å². The normalized spacial score (nSPS) is 14.7. The smallest absolute Gasteiger partial charge is 0.328 e. The molecule has 1 saturated carbocycles. The SMILES string of the molecule is Cc1cc(C)c2nc(C3CC3)cc(C(=O)NC(C)(C)C(=O)O)c2c1. The van der Waals surface area contributed by atoms with Gasteiger partial charge in [-0.15, -0.1) is 0 Å². The number of carboxylic acid groups (broad SMARTS) is 1. The maximum atomic E-state index is 12.8. The van der Waals surface area contributed by atoms with Gasteiger partial charge in [0.25, 0.3) is 5.91 Å². The van der Waals surface area contributed by atoms with Crippen LogP contribution in [0.3, 0.4) is 0 Å². The second-order valence-electron chi connectivity index (χ2n) is 7.23. The third kappa shape index (κ3) is 2.98. The summed E-state index contributed by atoms with van der Waals surface area (Å²) < 4.78 is 0. The molecule has 0 atom stereocenters. The molecule has 0 aliphatic heterocycles. The number of rotatable bonds is 4. The summed E-state index contributed by atoms with van der Waals surface area (Å²) in [6, 6.07) is 5.82. The van der Waals surface area contributed by atoms with E-state index < -0.39 is 11.5 Å². The van der Waals surface area contributed by atoms with Crippen LogP contribution >= 0.6 is 0 Å². The second-order valence-corrected chi connectivity index (χ2v) is 7.23. The molecular formula is C19H22N2O3. The van der Waals surface area contributed by atoms with E-state index in [0.29, 0.717) is 11.5 Å². The molecule has 0 bridgehead atoms. The zero-order valence-electron chi connectivity index (χ0n) is 14.4. The molecule has 1 aliphatic carbocycles. The third-order valence-corrected chi connectivity index (χ3v) is 4.47. The molecule has 24 heavy (non-hydrogen) atoms. The summed E-state index contributed by atoms with van der Waals surface area (Å²) in [6.45, 7) is 6.93. The third-order valence-electron chi connectivity index (χ3n) is 4.47. The number of benzene rings is 1. The van der Waals surface area contributed by atoms with Gasteiger partial charge in [-0.2, -0.15) is 0 Å². The molecule has 3 rings (SSSR count). The molecule has 5 nitrogen and oxygen atoms in total. The molecule has 1 aromatic heterocycles. The summed E-state index contributed by atoms with van der Waals surface area (Å²) in [4.78, 5) is 28.9. The fourth-order valence-electron chi connectivity index (χ4n) is 2.88. The van der Waals surface area contributed by atoms with Crippen LogP contribution in [0.2, 0.25) is 0 Å². The summed E-state index contributed by atoms with van der Waals surface area (Å²) in [5.41, 5.74) is 3.00. The van der Waals surface area contributed by atoms with E-state index >= 15 is 0 Å². The highest BCUT2D eigenvalue weighted by molar-refractivity contribution is 6.08. The minimum Gasteiger partial charge on any atom is -0.480 e. The van der Waals surface area contributed by atoms with E-state index in [2.05, 4.69) is 11.4 Å². The number of nitrogens with zero attached hydrogens (tertiary/aromatic N) is 1. The molecule has 1 amide bonds. The second kappa shape index (κ2) is 5.58. The molecule has 126 valence electrons. The molecule has 1 heterocycles. The molecule has 0 radical (unpaired) electrons. The Hall–Kier alpha value is -2.43. The molecule has 0 spiro atoms. The summed E-state index contributed by atoms with van der Waals surface area (Å²) in [5, 5.41) is 12.7. The van der Waals surface area contributed by atoms with Gasteiger partial charge in [0, 0.05) is 17.0 Å². The number of nitrogens with one attached hydrogen (secondary N) is 1. The number of hydrogen-bond donors (Lipinski definition) is 2. The Kier molecular flexibility index (Phi) is 3.82. The lowest BCUT2D eigenvalue weighted by Gasteiger charge is -2.22. The number of hydrogen-bond acceptors (Lipinski definition) is 3. The van der Waals surface area contributed by atoms with E-state index in [1.54, 1.807) is 0 Å². The van der Waals surface area contributed by atoms with E-state index in [9.17, 15) is 14.7 Å². The van der Waals surface area contributed by atoms with Crippen LogP contribution in [0.5, 0.6) is 0 Å². The minimum atomic E-state index is -1.33. The van der Waals surface area contributed by atoms with Crippen molar-refractivity contribution in [1.82, 2.24) is 10.3 Å². The largest absolute Gasteiger partial charge is 0.480 e. The van der Waals surface area contributed by atoms with Crippen LogP contribution in [0.1, 0.15) is 59.8 Å². The van der Waals surface area contributed by atoms with Crippen LogP contribution in [0.15, 0.2) is 18.2 Å². The van der Waals surface area contributed by atoms with Crippen molar-refractivity contribution in [3.8, 4) is 0 Å². The molecule has 1 aromatic carbocycles. The molecule has 1 aliphatic rings. The van der Waals surface area contributed by atoms with E-state index in [4.69, 9.17) is 4.98 Å². The molecule has 0 unspecified atom stereocenters. The molecule has 1 fully saturated rings. The lowest BCUT2D eigenvalue weighted by Crippen LogP contribution is -2.49. The number of aryl methyl sites for hydroxylation is 2. The van der Waals surface area contributed by atoms with Crippen LogP contribution in [0.25, 0.3) is 10.9 Å². The fraction of sp³-hybridized carbons (Fsp3) is 0.421. The van der Waals surface area contributed by atoms with Crippen molar-refractivity contribution in [3.63, 3.8) is 0 Å². The van der Waals surface area contributed by atoms with Crippen molar-refractivity contribution >= 4 is 22.8 Å². The average molecular weight is 326 g/mol. The van der Waals surface area contributed by atoms with Gasteiger partial charge >= 0.3 is 5.97 Å². The van der Waals surface area contributed by atoms with Crippen LogP contribution < -0.4 is 5.32 Å². The quantitative estimate of drug-likeness (QED) is 0.903. The molecular weight excluding hydrogens is 304 g/mol.